The molecule has 0 fully saturated rings. The maximum atomic E-state index is 11.0. The third-order valence-corrected chi connectivity index (χ3v) is 2.55. The number of aromatic amines is 1. The minimum absolute atomic E-state index is 0.0748. The molecule has 0 aliphatic heterocycles. The molecular weight excluding hydrogens is 232 g/mol. The van der Waals surface area contributed by atoms with Crippen LogP contribution in [0.25, 0.3) is 0 Å². The van der Waals surface area contributed by atoms with Gasteiger partial charge in [0.2, 0.25) is 5.91 Å². The molecule has 1 amide bonds. The first-order chi connectivity index (χ1) is 8.58. The number of nitrogens with zero attached hydrogens (tertiary/aromatic N) is 2. The Morgan fingerprint density at radius 2 is 2.28 bits per heavy atom. The predicted molar refractivity (Wildman–Crippen MR) is 67.8 cm³/mol. The van der Waals surface area contributed by atoms with Crippen molar-refractivity contribution in [2.24, 2.45) is 5.73 Å². The maximum Gasteiger partial charge on any atom is 0.248 e. The van der Waals surface area contributed by atoms with E-state index in [1.54, 1.807) is 12.1 Å². The molecule has 0 aliphatic rings. The number of anilines is 2. The highest BCUT2D eigenvalue weighted by atomic mass is 16.1. The minimum Gasteiger partial charge on any atom is -0.397 e. The van der Waals surface area contributed by atoms with Gasteiger partial charge in [-0.25, -0.2) is 4.98 Å². The molecule has 1 aromatic heterocycles. The van der Waals surface area contributed by atoms with Crippen LogP contribution in [0.5, 0.6) is 0 Å². The number of carbonyl (C=O) groups excluding carboxylic acids is 1. The Bertz CT molecular complexity index is 551. The van der Waals surface area contributed by atoms with Crippen molar-refractivity contribution in [3.05, 3.63) is 35.9 Å². The average molecular weight is 246 g/mol. The first kappa shape index (κ1) is 11.9. The SMILES string of the molecule is CC(Nc1ccc(C(N)=O)cc1N)c1ncn[nH]1. The highest BCUT2D eigenvalue weighted by Gasteiger charge is 2.10. The van der Waals surface area contributed by atoms with Gasteiger partial charge in [-0.1, -0.05) is 0 Å². The zero-order chi connectivity index (χ0) is 13.1. The maximum absolute atomic E-state index is 11.0. The molecule has 0 spiro atoms. The van der Waals surface area contributed by atoms with E-state index in [4.69, 9.17) is 11.5 Å². The third kappa shape index (κ3) is 2.40. The Morgan fingerprint density at radius 3 is 2.83 bits per heavy atom. The summed E-state index contributed by atoms with van der Waals surface area (Å²) in [6.45, 7) is 1.92. The Kier molecular flexibility index (Phi) is 3.13. The number of hydrogen-bond acceptors (Lipinski definition) is 5. The molecule has 7 heteroatoms. The van der Waals surface area contributed by atoms with E-state index in [2.05, 4.69) is 20.5 Å². The smallest absolute Gasteiger partial charge is 0.248 e. The van der Waals surface area contributed by atoms with Crippen molar-refractivity contribution in [3.63, 3.8) is 0 Å². The normalized spacial score (nSPS) is 12.1. The Labute approximate surface area is 104 Å². The van der Waals surface area contributed by atoms with Gasteiger partial charge in [0, 0.05) is 5.56 Å². The summed E-state index contributed by atoms with van der Waals surface area (Å²) in [5.74, 6) is 0.199. The number of nitrogen functional groups attached to an aromatic ring is 1. The highest BCUT2D eigenvalue weighted by molar-refractivity contribution is 5.94. The second-order valence-corrected chi connectivity index (χ2v) is 3.90. The van der Waals surface area contributed by atoms with Crippen LogP contribution < -0.4 is 16.8 Å². The number of benzene rings is 1. The van der Waals surface area contributed by atoms with Crippen molar-refractivity contribution >= 4 is 17.3 Å². The van der Waals surface area contributed by atoms with Gasteiger partial charge >= 0.3 is 0 Å². The van der Waals surface area contributed by atoms with Crippen molar-refractivity contribution in [2.75, 3.05) is 11.1 Å². The molecule has 0 bridgehead atoms. The summed E-state index contributed by atoms with van der Waals surface area (Å²) in [6.07, 6.45) is 1.44. The molecule has 0 aliphatic carbocycles. The second-order valence-electron chi connectivity index (χ2n) is 3.90. The van der Waals surface area contributed by atoms with E-state index in [1.807, 2.05) is 6.92 Å². The minimum atomic E-state index is -0.503. The summed E-state index contributed by atoms with van der Waals surface area (Å²) in [6, 6.07) is 4.79. The largest absolute Gasteiger partial charge is 0.397 e. The van der Waals surface area contributed by atoms with Gasteiger partial charge in [0.05, 0.1) is 17.4 Å². The lowest BCUT2D eigenvalue weighted by molar-refractivity contribution is 0.100. The van der Waals surface area contributed by atoms with E-state index in [9.17, 15) is 4.79 Å². The van der Waals surface area contributed by atoms with Gasteiger partial charge in [-0.05, 0) is 25.1 Å². The molecule has 2 rings (SSSR count). The van der Waals surface area contributed by atoms with Crippen LogP contribution in [0, 0.1) is 0 Å². The van der Waals surface area contributed by atoms with Crippen molar-refractivity contribution in [1.29, 1.82) is 0 Å². The fourth-order valence-corrected chi connectivity index (χ4v) is 1.57. The number of primary amides is 1. The van der Waals surface area contributed by atoms with E-state index in [0.717, 1.165) is 0 Å². The first-order valence-electron chi connectivity index (χ1n) is 5.39. The monoisotopic (exact) mass is 246 g/mol. The van der Waals surface area contributed by atoms with Crippen LogP contribution in [-0.4, -0.2) is 21.1 Å². The van der Waals surface area contributed by atoms with Gasteiger partial charge in [-0.3, -0.25) is 9.89 Å². The Morgan fingerprint density at radius 1 is 1.50 bits per heavy atom. The highest BCUT2D eigenvalue weighted by Crippen LogP contribution is 2.23. The predicted octanol–water partition coefficient (Wildman–Crippen LogP) is 0.659. The zero-order valence-electron chi connectivity index (χ0n) is 9.84. The molecule has 7 nitrogen and oxygen atoms in total. The Balaban J connectivity index is 2.17. The van der Waals surface area contributed by atoms with Crippen molar-refractivity contribution in [3.8, 4) is 0 Å². The molecule has 2 aromatic rings. The number of carbonyl (C=O) groups is 1. The van der Waals surface area contributed by atoms with Gasteiger partial charge in [0.15, 0.2) is 0 Å². The molecule has 18 heavy (non-hydrogen) atoms. The van der Waals surface area contributed by atoms with E-state index in [-0.39, 0.29) is 6.04 Å². The van der Waals surface area contributed by atoms with Crippen LogP contribution >= 0.6 is 0 Å². The number of amides is 1. The van der Waals surface area contributed by atoms with E-state index in [1.165, 1.54) is 12.4 Å². The van der Waals surface area contributed by atoms with Crippen LogP contribution in [0.3, 0.4) is 0 Å². The third-order valence-electron chi connectivity index (χ3n) is 2.55. The zero-order valence-corrected chi connectivity index (χ0v) is 9.84. The van der Waals surface area contributed by atoms with Crippen LogP contribution in [0.1, 0.15) is 29.1 Å². The number of aromatic nitrogens is 3. The molecule has 0 saturated carbocycles. The van der Waals surface area contributed by atoms with Crippen LogP contribution in [0.15, 0.2) is 24.5 Å². The summed E-state index contributed by atoms with van der Waals surface area (Å²) in [7, 11) is 0. The molecule has 1 atom stereocenters. The molecule has 6 N–H and O–H groups in total. The second kappa shape index (κ2) is 4.74. The van der Waals surface area contributed by atoms with Crippen molar-refractivity contribution in [2.45, 2.75) is 13.0 Å². The van der Waals surface area contributed by atoms with Crippen LogP contribution in [0.2, 0.25) is 0 Å². The quantitative estimate of drug-likeness (QED) is 0.590. The van der Waals surface area contributed by atoms with Gasteiger partial charge < -0.3 is 16.8 Å². The Hall–Kier alpha value is -2.57. The molecule has 94 valence electrons. The molecule has 1 heterocycles. The van der Waals surface area contributed by atoms with Crippen molar-refractivity contribution in [1.82, 2.24) is 15.2 Å². The fraction of sp³-hybridized carbons (Fsp3) is 0.182. The molecule has 0 saturated heterocycles. The molecular formula is C11H14N6O. The van der Waals surface area contributed by atoms with Gasteiger partial charge in [-0.2, -0.15) is 5.10 Å². The molecule has 1 aromatic carbocycles. The van der Waals surface area contributed by atoms with Gasteiger partial charge in [-0.15, -0.1) is 0 Å². The lowest BCUT2D eigenvalue weighted by Gasteiger charge is -2.14. The summed E-state index contributed by atoms with van der Waals surface area (Å²) in [5.41, 5.74) is 12.6. The number of H-pyrrole nitrogens is 1. The number of rotatable bonds is 4. The number of hydrogen-bond donors (Lipinski definition) is 4. The van der Waals surface area contributed by atoms with Gasteiger partial charge in [0.1, 0.15) is 12.2 Å². The first-order valence-corrected chi connectivity index (χ1v) is 5.39. The average Bonchev–Trinajstić information content (AvgIpc) is 2.85. The summed E-state index contributed by atoms with van der Waals surface area (Å²) < 4.78 is 0. The van der Waals surface area contributed by atoms with Crippen LogP contribution in [-0.2, 0) is 0 Å². The topological polar surface area (TPSA) is 123 Å². The summed E-state index contributed by atoms with van der Waals surface area (Å²) in [5, 5.41) is 9.71. The van der Waals surface area contributed by atoms with Gasteiger partial charge in [0.25, 0.3) is 0 Å². The fourth-order valence-electron chi connectivity index (χ4n) is 1.57. The van der Waals surface area contributed by atoms with E-state index >= 15 is 0 Å². The summed E-state index contributed by atoms with van der Waals surface area (Å²) in [4.78, 5) is 15.0. The van der Waals surface area contributed by atoms with E-state index < -0.39 is 5.91 Å². The standard InChI is InChI=1S/C11H14N6O/c1-6(11-14-5-15-17-11)16-9-3-2-7(10(13)18)4-8(9)12/h2-6,16H,12H2,1H3,(H2,13,18)(H,14,15,17). The molecule has 0 radical (unpaired) electrons. The lowest BCUT2D eigenvalue weighted by atomic mass is 10.1. The number of nitrogens with one attached hydrogen (secondary N) is 2. The van der Waals surface area contributed by atoms with E-state index in [0.29, 0.717) is 22.8 Å². The van der Waals surface area contributed by atoms with Crippen molar-refractivity contribution < 1.29 is 4.79 Å². The summed E-state index contributed by atoms with van der Waals surface area (Å²) >= 11 is 0. The molecule has 1 unspecified atom stereocenters. The lowest BCUT2D eigenvalue weighted by Crippen LogP contribution is -2.13. The number of nitrogens with two attached hydrogens (primary N) is 2. The van der Waals surface area contributed by atoms with Crippen LogP contribution in [0.4, 0.5) is 11.4 Å².